The van der Waals surface area contributed by atoms with Gasteiger partial charge in [0, 0.05) is 18.4 Å². The number of hydrogen-bond acceptors (Lipinski definition) is 5. The number of carbonyl (C=O) groups excluding carboxylic acids is 2. The average Bonchev–Trinajstić information content (AvgIpc) is 2.78. The number of amides is 1. The molecule has 0 bridgehead atoms. The number of anilines is 1. The molecule has 31 heavy (non-hydrogen) atoms. The van der Waals surface area contributed by atoms with Gasteiger partial charge in [-0.3, -0.25) is 4.79 Å². The summed E-state index contributed by atoms with van der Waals surface area (Å²) < 4.78 is 10.9. The van der Waals surface area contributed by atoms with Gasteiger partial charge in [0.05, 0.1) is 11.5 Å². The first-order chi connectivity index (χ1) is 15.0. The highest BCUT2D eigenvalue weighted by molar-refractivity contribution is 7.80. The number of thiol groups is 1. The summed E-state index contributed by atoms with van der Waals surface area (Å²) in [6.07, 6.45) is -0.167. The van der Waals surface area contributed by atoms with Crippen molar-refractivity contribution in [2.75, 3.05) is 11.1 Å². The van der Waals surface area contributed by atoms with E-state index in [1.54, 1.807) is 43.3 Å². The Bertz CT molecular complexity index is 995. The molecule has 0 saturated heterocycles. The quantitative estimate of drug-likeness (QED) is 0.282. The van der Waals surface area contributed by atoms with Gasteiger partial charge in [0.15, 0.2) is 0 Å². The van der Waals surface area contributed by atoms with Crippen LogP contribution in [0.3, 0.4) is 0 Å². The standard InChI is InChI=1S/C25H25NO4S/c1-18(29-23-13-6-3-7-14-23)30-25(28)20-11-8-12-22(16-20)26-24(27)21(17-31)15-19-9-4-2-5-10-19/h2-14,16,18,21,31H,15,17H2,1H3,(H,26,27). The number of hydrogen-bond donors (Lipinski definition) is 2. The van der Waals surface area contributed by atoms with E-state index in [1.807, 2.05) is 48.5 Å². The molecule has 5 nitrogen and oxygen atoms in total. The van der Waals surface area contributed by atoms with E-state index >= 15 is 0 Å². The van der Waals surface area contributed by atoms with Crippen LogP contribution in [0.1, 0.15) is 22.8 Å². The summed E-state index contributed by atoms with van der Waals surface area (Å²) in [5.74, 6) is 0.0527. The van der Waals surface area contributed by atoms with Gasteiger partial charge in [-0.2, -0.15) is 12.6 Å². The Hall–Kier alpha value is -3.25. The molecule has 3 aromatic carbocycles. The summed E-state index contributed by atoms with van der Waals surface area (Å²) >= 11 is 4.33. The number of rotatable bonds is 9. The molecule has 2 unspecified atom stereocenters. The van der Waals surface area contributed by atoms with Crippen molar-refractivity contribution in [3.63, 3.8) is 0 Å². The van der Waals surface area contributed by atoms with Crippen molar-refractivity contribution in [3.8, 4) is 5.75 Å². The second-order valence-electron chi connectivity index (χ2n) is 7.04. The first-order valence-electron chi connectivity index (χ1n) is 10.0. The predicted molar refractivity (Wildman–Crippen MR) is 125 cm³/mol. The van der Waals surface area contributed by atoms with Crippen LogP contribution in [-0.2, 0) is 16.0 Å². The van der Waals surface area contributed by atoms with E-state index in [0.29, 0.717) is 29.2 Å². The van der Waals surface area contributed by atoms with E-state index in [1.165, 1.54) is 0 Å². The molecule has 1 amide bonds. The van der Waals surface area contributed by atoms with Gasteiger partial charge in [-0.15, -0.1) is 0 Å². The third-order valence-corrected chi connectivity index (χ3v) is 5.04. The molecule has 2 atom stereocenters. The van der Waals surface area contributed by atoms with Crippen LogP contribution in [0.25, 0.3) is 0 Å². The van der Waals surface area contributed by atoms with Gasteiger partial charge in [-0.1, -0.05) is 54.6 Å². The van der Waals surface area contributed by atoms with Crippen molar-refractivity contribution < 1.29 is 19.1 Å². The number of esters is 1. The number of para-hydroxylation sites is 1. The first-order valence-corrected chi connectivity index (χ1v) is 10.7. The van der Waals surface area contributed by atoms with E-state index in [0.717, 1.165) is 5.56 Å². The van der Waals surface area contributed by atoms with Crippen LogP contribution < -0.4 is 10.1 Å². The summed E-state index contributed by atoms with van der Waals surface area (Å²) in [5.41, 5.74) is 1.92. The fourth-order valence-corrected chi connectivity index (χ4v) is 3.34. The summed E-state index contributed by atoms with van der Waals surface area (Å²) in [6.45, 7) is 1.65. The highest BCUT2D eigenvalue weighted by Gasteiger charge is 2.19. The van der Waals surface area contributed by atoms with Gasteiger partial charge in [0.2, 0.25) is 12.2 Å². The van der Waals surface area contributed by atoms with Crippen LogP contribution in [0.15, 0.2) is 84.9 Å². The second kappa shape index (κ2) is 11.2. The summed E-state index contributed by atoms with van der Waals surface area (Å²) in [4.78, 5) is 25.2. The topological polar surface area (TPSA) is 64.6 Å². The lowest BCUT2D eigenvalue weighted by Gasteiger charge is -2.17. The molecule has 0 aliphatic carbocycles. The smallest absolute Gasteiger partial charge is 0.341 e. The van der Waals surface area contributed by atoms with Gasteiger partial charge in [0.1, 0.15) is 5.75 Å². The summed E-state index contributed by atoms with van der Waals surface area (Å²) in [5, 5.41) is 2.87. The van der Waals surface area contributed by atoms with E-state index in [2.05, 4.69) is 17.9 Å². The highest BCUT2D eigenvalue weighted by Crippen LogP contribution is 2.17. The number of carbonyl (C=O) groups is 2. The molecule has 0 aliphatic heterocycles. The van der Waals surface area contributed by atoms with Crippen LogP contribution in [0.2, 0.25) is 0 Å². The Morgan fingerprint density at radius 3 is 2.29 bits per heavy atom. The van der Waals surface area contributed by atoms with Crippen LogP contribution in [0, 0.1) is 5.92 Å². The lowest BCUT2D eigenvalue weighted by molar-refractivity contribution is -0.119. The fourth-order valence-electron chi connectivity index (χ4n) is 3.04. The van der Waals surface area contributed by atoms with Gasteiger partial charge in [0.25, 0.3) is 0 Å². The normalized spacial score (nSPS) is 12.5. The molecule has 0 heterocycles. The molecule has 160 valence electrons. The maximum absolute atomic E-state index is 12.7. The molecule has 0 saturated carbocycles. The van der Waals surface area contributed by atoms with E-state index in [4.69, 9.17) is 9.47 Å². The zero-order valence-corrected chi connectivity index (χ0v) is 18.1. The maximum Gasteiger partial charge on any atom is 0.341 e. The monoisotopic (exact) mass is 435 g/mol. The van der Waals surface area contributed by atoms with Crippen molar-refractivity contribution in [1.82, 2.24) is 0 Å². The Labute approximate surface area is 187 Å². The lowest BCUT2D eigenvalue weighted by Crippen LogP contribution is -2.26. The molecule has 0 fully saturated rings. The number of ether oxygens (including phenoxy) is 2. The molecule has 0 aromatic heterocycles. The fraction of sp³-hybridized carbons (Fsp3) is 0.200. The molecule has 3 rings (SSSR count). The van der Waals surface area contributed by atoms with Crippen molar-refractivity contribution in [3.05, 3.63) is 96.1 Å². The van der Waals surface area contributed by atoms with Gasteiger partial charge in [-0.25, -0.2) is 4.79 Å². The van der Waals surface area contributed by atoms with Gasteiger partial charge >= 0.3 is 5.97 Å². The zero-order chi connectivity index (χ0) is 22.1. The largest absolute Gasteiger partial charge is 0.455 e. The van der Waals surface area contributed by atoms with Crippen molar-refractivity contribution >= 4 is 30.2 Å². The highest BCUT2D eigenvalue weighted by atomic mass is 32.1. The number of nitrogens with one attached hydrogen (secondary N) is 1. The van der Waals surface area contributed by atoms with Crippen molar-refractivity contribution in [1.29, 1.82) is 0 Å². The van der Waals surface area contributed by atoms with Gasteiger partial charge < -0.3 is 14.8 Å². The minimum atomic E-state index is -0.757. The number of benzene rings is 3. The third-order valence-electron chi connectivity index (χ3n) is 4.60. The molecule has 0 radical (unpaired) electrons. The predicted octanol–water partition coefficient (Wildman–Crippen LogP) is 5.00. The Kier molecular flexibility index (Phi) is 8.12. The molecular weight excluding hydrogens is 410 g/mol. The molecular formula is C25H25NO4S. The van der Waals surface area contributed by atoms with E-state index < -0.39 is 12.3 Å². The molecule has 0 spiro atoms. The van der Waals surface area contributed by atoms with Crippen molar-refractivity contribution in [2.45, 2.75) is 19.6 Å². The molecule has 3 aromatic rings. The van der Waals surface area contributed by atoms with E-state index in [9.17, 15) is 9.59 Å². The minimum Gasteiger partial charge on any atom is -0.455 e. The van der Waals surface area contributed by atoms with Crippen LogP contribution in [0.4, 0.5) is 5.69 Å². The van der Waals surface area contributed by atoms with Crippen LogP contribution >= 0.6 is 12.6 Å². The molecule has 6 heteroatoms. The SMILES string of the molecule is CC(OC(=O)c1cccc(NC(=O)C(CS)Cc2ccccc2)c1)Oc1ccccc1. The molecule has 0 aliphatic rings. The van der Waals surface area contributed by atoms with Crippen LogP contribution in [-0.4, -0.2) is 23.9 Å². The van der Waals surface area contributed by atoms with Crippen LogP contribution in [0.5, 0.6) is 5.75 Å². The zero-order valence-electron chi connectivity index (χ0n) is 17.2. The van der Waals surface area contributed by atoms with Crippen molar-refractivity contribution in [2.24, 2.45) is 5.92 Å². The Balaban J connectivity index is 1.59. The van der Waals surface area contributed by atoms with E-state index in [-0.39, 0.29) is 11.8 Å². The second-order valence-corrected chi connectivity index (χ2v) is 7.41. The first kappa shape index (κ1) is 22.4. The third kappa shape index (κ3) is 6.89. The van der Waals surface area contributed by atoms with Gasteiger partial charge in [-0.05, 0) is 42.3 Å². The lowest BCUT2D eigenvalue weighted by atomic mass is 10.00. The maximum atomic E-state index is 12.7. The minimum absolute atomic E-state index is 0.148. The Morgan fingerprint density at radius 1 is 0.935 bits per heavy atom. The Morgan fingerprint density at radius 2 is 1.61 bits per heavy atom. The summed E-state index contributed by atoms with van der Waals surface area (Å²) in [6, 6.07) is 25.6. The average molecular weight is 436 g/mol. The summed E-state index contributed by atoms with van der Waals surface area (Å²) in [7, 11) is 0. The molecule has 1 N–H and O–H groups in total.